The molecule has 7 nitrogen and oxygen atoms in total. The van der Waals surface area contributed by atoms with Crippen LogP contribution in [0.25, 0.3) is 0 Å². The number of hydrogen-bond acceptors (Lipinski definition) is 4. The summed E-state index contributed by atoms with van der Waals surface area (Å²) in [7, 11) is -3.68. The molecule has 2 aromatic rings. The summed E-state index contributed by atoms with van der Waals surface area (Å²) < 4.78 is 27.9. The number of amides is 2. The molecule has 0 spiro atoms. The van der Waals surface area contributed by atoms with Gasteiger partial charge in [-0.2, -0.15) is 4.31 Å². The van der Waals surface area contributed by atoms with E-state index in [0.717, 1.165) is 17.5 Å². The normalized spacial score (nSPS) is 16.8. The number of nitrogens with zero attached hydrogens (tertiary/aromatic N) is 1. The van der Waals surface area contributed by atoms with E-state index in [4.69, 9.17) is 0 Å². The lowest BCUT2D eigenvalue weighted by atomic mass is 10.1. The van der Waals surface area contributed by atoms with Gasteiger partial charge in [0.15, 0.2) is 0 Å². The largest absolute Gasteiger partial charge is 0.346 e. The van der Waals surface area contributed by atoms with Gasteiger partial charge in [0.2, 0.25) is 10.0 Å². The second-order valence-corrected chi connectivity index (χ2v) is 9.75. The second-order valence-electron chi connectivity index (χ2n) is 7.90. The first-order chi connectivity index (χ1) is 14.7. The van der Waals surface area contributed by atoms with Crippen LogP contribution in [0.3, 0.4) is 0 Å². The lowest BCUT2D eigenvalue weighted by Gasteiger charge is -2.25. The number of benzene rings is 2. The first-order valence-corrected chi connectivity index (χ1v) is 11.9. The first-order valence-electron chi connectivity index (χ1n) is 10.5. The molecule has 1 aliphatic rings. The Labute approximate surface area is 183 Å². The lowest BCUT2D eigenvalue weighted by molar-refractivity contribution is -0.136. The summed E-state index contributed by atoms with van der Waals surface area (Å²) in [4.78, 5) is 24.8. The Morgan fingerprint density at radius 1 is 1.06 bits per heavy atom. The molecular weight excluding hydrogens is 414 g/mol. The number of nitrogens with one attached hydrogen (secondary N) is 2. The summed E-state index contributed by atoms with van der Waals surface area (Å²) in [5.74, 6) is -1.55. The summed E-state index contributed by atoms with van der Waals surface area (Å²) in [5, 5.41) is 5.16. The Kier molecular flexibility index (Phi) is 7.12. The van der Waals surface area contributed by atoms with E-state index in [-0.39, 0.29) is 12.6 Å². The van der Waals surface area contributed by atoms with Crippen LogP contribution in [-0.4, -0.2) is 43.7 Å². The predicted molar refractivity (Wildman–Crippen MR) is 120 cm³/mol. The summed E-state index contributed by atoms with van der Waals surface area (Å²) in [6, 6.07) is 12.3. The third-order valence-electron chi connectivity index (χ3n) is 5.58. The first kappa shape index (κ1) is 23.0. The molecule has 31 heavy (non-hydrogen) atoms. The Balaban J connectivity index is 1.63. The molecule has 1 saturated heterocycles. The summed E-state index contributed by atoms with van der Waals surface area (Å²) in [5.41, 5.74) is 3.23. The molecule has 0 radical (unpaired) electrons. The molecule has 0 bridgehead atoms. The van der Waals surface area contributed by atoms with Crippen molar-refractivity contribution in [3.05, 3.63) is 59.2 Å². The van der Waals surface area contributed by atoms with Crippen LogP contribution in [0.2, 0.25) is 0 Å². The van der Waals surface area contributed by atoms with E-state index < -0.39 is 21.8 Å². The molecule has 1 fully saturated rings. The molecule has 1 atom stereocenters. The van der Waals surface area contributed by atoms with Gasteiger partial charge >= 0.3 is 11.8 Å². The maximum Gasteiger partial charge on any atom is 0.313 e. The minimum Gasteiger partial charge on any atom is -0.346 e. The number of hydrogen-bond donors (Lipinski definition) is 2. The second kappa shape index (κ2) is 9.62. The molecule has 3 rings (SSSR count). The average molecular weight is 444 g/mol. The minimum absolute atomic E-state index is 0.0884. The lowest BCUT2D eigenvalue weighted by Crippen LogP contribution is -2.45. The number of rotatable bonds is 6. The number of anilines is 1. The monoisotopic (exact) mass is 443 g/mol. The Morgan fingerprint density at radius 2 is 1.77 bits per heavy atom. The average Bonchev–Trinajstić information content (AvgIpc) is 3.23. The summed E-state index contributed by atoms with van der Waals surface area (Å²) in [6.07, 6.45) is 2.22. The van der Waals surface area contributed by atoms with Crippen molar-refractivity contribution >= 4 is 27.5 Å². The predicted octanol–water partition coefficient (Wildman–Crippen LogP) is 2.77. The van der Waals surface area contributed by atoms with Gasteiger partial charge in [0.1, 0.15) is 0 Å². The third-order valence-corrected chi connectivity index (χ3v) is 7.67. The van der Waals surface area contributed by atoms with Gasteiger partial charge in [0, 0.05) is 24.8 Å². The number of aryl methyl sites for hydroxylation is 3. The van der Waals surface area contributed by atoms with Crippen molar-refractivity contribution in [2.24, 2.45) is 0 Å². The fourth-order valence-corrected chi connectivity index (χ4v) is 5.75. The fourth-order valence-electron chi connectivity index (χ4n) is 3.74. The Morgan fingerprint density at radius 3 is 2.45 bits per heavy atom. The van der Waals surface area contributed by atoms with Crippen molar-refractivity contribution in [2.45, 2.75) is 51.0 Å². The molecule has 0 unspecified atom stereocenters. The van der Waals surface area contributed by atoms with Crippen molar-refractivity contribution in [3.8, 4) is 0 Å². The highest BCUT2D eigenvalue weighted by atomic mass is 32.2. The smallest absolute Gasteiger partial charge is 0.313 e. The van der Waals surface area contributed by atoms with Crippen molar-refractivity contribution in [1.82, 2.24) is 9.62 Å². The molecule has 1 aliphatic heterocycles. The SMILES string of the molecule is CCc1ccc(NC(=O)C(=O)NC[C@@H]2CCCN2S(=O)(=O)c2cc(C)ccc2C)cc1. The molecule has 2 aromatic carbocycles. The molecule has 8 heteroatoms. The topological polar surface area (TPSA) is 95.6 Å². The summed E-state index contributed by atoms with van der Waals surface area (Å²) >= 11 is 0. The maximum absolute atomic E-state index is 13.2. The van der Waals surface area contributed by atoms with E-state index in [2.05, 4.69) is 10.6 Å². The summed E-state index contributed by atoms with van der Waals surface area (Å²) in [6.45, 7) is 6.15. The van der Waals surface area contributed by atoms with Gasteiger partial charge in [-0.1, -0.05) is 31.2 Å². The zero-order valence-electron chi connectivity index (χ0n) is 18.1. The Hall–Kier alpha value is -2.71. The van der Waals surface area contributed by atoms with Gasteiger partial charge < -0.3 is 10.6 Å². The number of carbonyl (C=O) groups is 2. The number of carbonyl (C=O) groups excluding carboxylic acids is 2. The molecule has 2 amide bonds. The molecule has 0 aromatic heterocycles. The van der Waals surface area contributed by atoms with E-state index in [1.807, 2.05) is 32.0 Å². The van der Waals surface area contributed by atoms with Crippen LogP contribution in [0.5, 0.6) is 0 Å². The van der Waals surface area contributed by atoms with Gasteiger partial charge in [-0.15, -0.1) is 0 Å². The van der Waals surface area contributed by atoms with E-state index in [9.17, 15) is 18.0 Å². The molecule has 166 valence electrons. The molecule has 2 N–H and O–H groups in total. The van der Waals surface area contributed by atoms with Crippen molar-refractivity contribution in [3.63, 3.8) is 0 Å². The molecule has 0 aliphatic carbocycles. The van der Waals surface area contributed by atoms with E-state index in [1.165, 1.54) is 4.31 Å². The van der Waals surface area contributed by atoms with Crippen molar-refractivity contribution in [2.75, 3.05) is 18.4 Å². The van der Waals surface area contributed by atoms with Gasteiger partial charge in [-0.05, 0) is 68.0 Å². The highest BCUT2D eigenvalue weighted by Gasteiger charge is 2.36. The third kappa shape index (κ3) is 5.32. The minimum atomic E-state index is -3.68. The van der Waals surface area contributed by atoms with Gasteiger partial charge in [0.05, 0.1) is 4.90 Å². The fraction of sp³-hybridized carbons (Fsp3) is 0.391. The van der Waals surface area contributed by atoms with Crippen molar-refractivity contribution in [1.29, 1.82) is 0 Å². The van der Waals surface area contributed by atoms with E-state index in [0.29, 0.717) is 35.5 Å². The zero-order valence-corrected chi connectivity index (χ0v) is 19.0. The van der Waals surface area contributed by atoms with Gasteiger partial charge in [0.25, 0.3) is 0 Å². The van der Waals surface area contributed by atoms with Gasteiger partial charge in [-0.3, -0.25) is 9.59 Å². The van der Waals surface area contributed by atoms with Crippen LogP contribution in [0.15, 0.2) is 47.4 Å². The zero-order chi connectivity index (χ0) is 22.6. The molecular formula is C23H29N3O4S. The van der Waals surface area contributed by atoms with Crippen LogP contribution in [0.1, 0.15) is 36.5 Å². The molecule has 1 heterocycles. The van der Waals surface area contributed by atoms with Crippen LogP contribution in [0.4, 0.5) is 5.69 Å². The highest BCUT2D eigenvalue weighted by Crippen LogP contribution is 2.28. The van der Waals surface area contributed by atoms with Crippen LogP contribution in [-0.2, 0) is 26.0 Å². The highest BCUT2D eigenvalue weighted by molar-refractivity contribution is 7.89. The standard InChI is InChI=1S/C23H29N3O4S/c1-4-18-9-11-19(12-10-18)25-23(28)22(27)24-15-20-6-5-13-26(20)31(29,30)21-14-16(2)7-8-17(21)3/h7-12,14,20H,4-6,13,15H2,1-3H3,(H,24,27)(H,25,28)/t20-/m0/s1. The maximum atomic E-state index is 13.2. The quantitative estimate of drug-likeness (QED) is 0.671. The van der Waals surface area contributed by atoms with E-state index in [1.54, 1.807) is 31.2 Å². The number of sulfonamides is 1. The van der Waals surface area contributed by atoms with Gasteiger partial charge in [-0.25, -0.2) is 8.42 Å². The van der Waals surface area contributed by atoms with Crippen LogP contribution in [0, 0.1) is 13.8 Å². The van der Waals surface area contributed by atoms with Crippen molar-refractivity contribution < 1.29 is 18.0 Å². The Bertz CT molecular complexity index is 1060. The van der Waals surface area contributed by atoms with E-state index >= 15 is 0 Å². The molecule has 0 saturated carbocycles. The van der Waals surface area contributed by atoms with Crippen LogP contribution < -0.4 is 10.6 Å². The van der Waals surface area contributed by atoms with Crippen LogP contribution >= 0.6 is 0 Å².